The smallest absolute Gasteiger partial charge is 0.258 e. The first-order valence-corrected chi connectivity index (χ1v) is 11.5. The van der Waals surface area contributed by atoms with E-state index in [1.54, 1.807) is 24.3 Å². The third-order valence-electron chi connectivity index (χ3n) is 6.03. The number of nitrogens with zero attached hydrogens (tertiary/aromatic N) is 1. The lowest BCUT2D eigenvalue weighted by molar-refractivity contribution is -0.150. The van der Waals surface area contributed by atoms with Gasteiger partial charge in [0, 0.05) is 16.6 Å². The van der Waals surface area contributed by atoms with Gasteiger partial charge in [0.15, 0.2) is 6.61 Å². The van der Waals surface area contributed by atoms with Crippen molar-refractivity contribution in [3.8, 4) is 5.75 Å². The van der Waals surface area contributed by atoms with Gasteiger partial charge in [0.05, 0.1) is 18.7 Å². The molecular formula is C24H26Cl2N2O4. The van der Waals surface area contributed by atoms with E-state index in [1.807, 2.05) is 30.0 Å². The highest BCUT2D eigenvalue weighted by atomic mass is 35.5. The summed E-state index contributed by atoms with van der Waals surface area (Å²) in [4.78, 5) is 27.2. The van der Waals surface area contributed by atoms with E-state index in [-0.39, 0.29) is 30.5 Å². The van der Waals surface area contributed by atoms with Crippen molar-refractivity contribution in [3.05, 3.63) is 63.6 Å². The van der Waals surface area contributed by atoms with Crippen molar-refractivity contribution in [2.75, 3.05) is 19.8 Å². The van der Waals surface area contributed by atoms with E-state index in [0.717, 1.165) is 17.0 Å². The van der Waals surface area contributed by atoms with E-state index < -0.39 is 6.10 Å². The zero-order valence-corrected chi connectivity index (χ0v) is 19.4. The first-order chi connectivity index (χ1) is 15.4. The van der Waals surface area contributed by atoms with Crippen molar-refractivity contribution < 1.29 is 19.1 Å². The third kappa shape index (κ3) is 5.37. The molecule has 8 heteroatoms. The monoisotopic (exact) mass is 476 g/mol. The number of rotatable bonds is 5. The van der Waals surface area contributed by atoms with E-state index in [0.29, 0.717) is 36.8 Å². The molecule has 2 aromatic rings. The second-order valence-electron chi connectivity index (χ2n) is 8.21. The maximum atomic E-state index is 13.1. The summed E-state index contributed by atoms with van der Waals surface area (Å²) in [6, 6.07) is 12.5. The van der Waals surface area contributed by atoms with Crippen LogP contribution >= 0.6 is 23.2 Å². The first-order valence-electron chi connectivity index (χ1n) is 10.8. The van der Waals surface area contributed by atoms with Gasteiger partial charge in [-0.3, -0.25) is 9.59 Å². The highest BCUT2D eigenvalue weighted by Gasteiger charge is 2.35. The molecule has 0 unspecified atom stereocenters. The predicted octanol–water partition coefficient (Wildman–Crippen LogP) is 4.18. The maximum Gasteiger partial charge on any atom is 0.258 e. The number of amides is 2. The Morgan fingerprint density at radius 1 is 1.12 bits per heavy atom. The van der Waals surface area contributed by atoms with Crippen LogP contribution in [0.4, 0.5) is 0 Å². The van der Waals surface area contributed by atoms with Gasteiger partial charge in [0.2, 0.25) is 0 Å². The number of hydrogen-bond donors (Lipinski definition) is 1. The van der Waals surface area contributed by atoms with Gasteiger partial charge in [-0.2, -0.15) is 0 Å². The van der Waals surface area contributed by atoms with Crippen LogP contribution in [-0.4, -0.2) is 48.6 Å². The van der Waals surface area contributed by atoms with Crippen molar-refractivity contribution >= 4 is 35.0 Å². The molecule has 6 nitrogen and oxygen atoms in total. The van der Waals surface area contributed by atoms with Crippen LogP contribution in [-0.2, 0) is 20.7 Å². The first kappa shape index (κ1) is 22.9. The number of hydrogen-bond acceptors (Lipinski definition) is 4. The standard InChI is InChI=1S/C24H26Cl2N2O4/c1-15-21-8-4-18(26)12-16(21)10-11-28(15)24(30)22-9-5-19(13-32-22)27-23(29)14-31-20-6-2-17(25)3-7-20/h2-4,6-8,12,15,19,22H,5,9-11,13-14H2,1H3,(H,27,29)/t15-,19-,22+/m0/s1. The number of ether oxygens (including phenoxy) is 2. The normalized spacial score (nSPS) is 22.7. The minimum atomic E-state index is -0.482. The summed E-state index contributed by atoms with van der Waals surface area (Å²) < 4.78 is 11.3. The zero-order valence-electron chi connectivity index (χ0n) is 17.9. The maximum absolute atomic E-state index is 13.1. The summed E-state index contributed by atoms with van der Waals surface area (Å²) in [5.41, 5.74) is 2.33. The van der Waals surface area contributed by atoms with E-state index in [2.05, 4.69) is 5.32 Å². The molecule has 2 aliphatic heterocycles. The lowest BCUT2D eigenvalue weighted by Gasteiger charge is -2.39. The van der Waals surface area contributed by atoms with Crippen molar-refractivity contribution in [3.63, 3.8) is 0 Å². The van der Waals surface area contributed by atoms with Crippen LogP contribution in [0.1, 0.15) is 36.9 Å². The summed E-state index contributed by atoms with van der Waals surface area (Å²) in [5.74, 6) is 0.363. The van der Waals surface area contributed by atoms with Crippen LogP contribution in [0.5, 0.6) is 5.75 Å². The average Bonchev–Trinajstić information content (AvgIpc) is 2.79. The topological polar surface area (TPSA) is 67.9 Å². The molecule has 0 bridgehead atoms. The molecule has 3 atom stereocenters. The van der Waals surface area contributed by atoms with Crippen LogP contribution in [0.2, 0.25) is 10.0 Å². The zero-order chi connectivity index (χ0) is 22.7. The fraction of sp³-hybridized carbons (Fsp3) is 0.417. The molecule has 2 amide bonds. The van der Waals surface area contributed by atoms with Gasteiger partial charge in [0.25, 0.3) is 11.8 Å². The van der Waals surface area contributed by atoms with Gasteiger partial charge in [-0.1, -0.05) is 29.3 Å². The molecule has 170 valence electrons. The Hall–Kier alpha value is -2.28. The van der Waals surface area contributed by atoms with Crippen molar-refractivity contribution in [1.29, 1.82) is 0 Å². The van der Waals surface area contributed by atoms with Crippen LogP contribution in [0.3, 0.4) is 0 Å². The highest BCUT2D eigenvalue weighted by molar-refractivity contribution is 6.30. The van der Waals surface area contributed by atoms with Crippen molar-refractivity contribution in [2.45, 2.75) is 44.4 Å². The highest BCUT2D eigenvalue weighted by Crippen LogP contribution is 2.32. The molecule has 1 saturated heterocycles. The molecule has 0 radical (unpaired) electrons. The molecule has 0 spiro atoms. The van der Waals surface area contributed by atoms with Crippen molar-refractivity contribution in [1.82, 2.24) is 10.2 Å². The molecule has 0 aliphatic carbocycles. The number of benzene rings is 2. The van der Waals surface area contributed by atoms with Crippen LogP contribution in [0.25, 0.3) is 0 Å². The SMILES string of the molecule is C[C@H]1c2ccc(Cl)cc2CCN1C(=O)[C@H]1CC[C@H](NC(=O)COc2ccc(Cl)cc2)CO1. The molecule has 2 aromatic carbocycles. The van der Waals surface area contributed by atoms with Gasteiger partial charge < -0.3 is 19.7 Å². The summed E-state index contributed by atoms with van der Waals surface area (Å²) in [7, 11) is 0. The number of nitrogens with one attached hydrogen (secondary N) is 1. The van der Waals surface area contributed by atoms with Crippen LogP contribution in [0, 0.1) is 0 Å². The molecule has 2 aliphatic rings. The summed E-state index contributed by atoms with van der Waals surface area (Å²) in [5, 5.41) is 4.24. The molecule has 1 fully saturated rings. The lowest BCUT2D eigenvalue weighted by Crippen LogP contribution is -2.50. The second-order valence-corrected chi connectivity index (χ2v) is 9.08. The molecule has 0 saturated carbocycles. The predicted molar refractivity (Wildman–Crippen MR) is 123 cm³/mol. The molecule has 4 rings (SSSR count). The Morgan fingerprint density at radius 3 is 2.59 bits per heavy atom. The van der Waals surface area contributed by atoms with E-state index in [4.69, 9.17) is 32.7 Å². The Balaban J connectivity index is 1.24. The lowest BCUT2D eigenvalue weighted by atomic mass is 9.92. The van der Waals surface area contributed by atoms with E-state index in [9.17, 15) is 9.59 Å². The van der Waals surface area contributed by atoms with Crippen LogP contribution < -0.4 is 10.1 Å². The number of fused-ring (bicyclic) bond motifs is 1. The molecule has 1 N–H and O–H groups in total. The van der Waals surface area contributed by atoms with E-state index in [1.165, 1.54) is 5.56 Å². The van der Waals surface area contributed by atoms with Gasteiger partial charge >= 0.3 is 0 Å². The fourth-order valence-corrected chi connectivity index (χ4v) is 4.62. The Labute approximate surface area is 197 Å². The fourth-order valence-electron chi connectivity index (χ4n) is 4.30. The molecular weight excluding hydrogens is 451 g/mol. The largest absolute Gasteiger partial charge is 0.484 e. The van der Waals surface area contributed by atoms with Gasteiger partial charge in [-0.05, 0) is 73.7 Å². The Morgan fingerprint density at radius 2 is 1.88 bits per heavy atom. The molecule has 2 heterocycles. The summed E-state index contributed by atoms with van der Waals surface area (Å²) >= 11 is 12.0. The van der Waals surface area contributed by atoms with Crippen LogP contribution in [0.15, 0.2) is 42.5 Å². The quantitative estimate of drug-likeness (QED) is 0.702. The second kappa shape index (κ2) is 10.1. The minimum Gasteiger partial charge on any atom is -0.484 e. The van der Waals surface area contributed by atoms with Gasteiger partial charge in [0.1, 0.15) is 11.9 Å². The Kier molecular flexibility index (Phi) is 7.23. The summed E-state index contributed by atoms with van der Waals surface area (Å²) in [6.45, 7) is 2.90. The van der Waals surface area contributed by atoms with Crippen molar-refractivity contribution in [2.24, 2.45) is 0 Å². The van der Waals surface area contributed by atoms with Gasteiger partial charge in [-0.15, -0.1) is 0 Å². The number of carbonyl (C=O) groups is 2. The Bertz CT molecular complexity index is 974. The number of halogens is 2. The third-order valence-corrected chi connectivity index (χ3v) is 6.51. The average molecular weight is 477 g/mol. The molecule has 32 heavy (non-hydrogen) atoms. The minimum absolute atomic E-state index is 0.00829. The summed E-state index contributed by atoms with van der Waals surface area (Å²) in [6.07, 6.45) is 1.55. The molecule has 0 aromatic heterocycles. The number of carbonyl (C=O) groups excluding carboxylic acids is 2. The van der Waals surface area contributed by atoms with E-state index >= 15 is 0 Å². The van der Waals surface area contributed by atoms with Gasteiger partial charge in [-0.25, -0.2) is 0 Å².